The van der Waals surface area contributed by atoms with Crippen molar-refractivity contribution in [3.63, 3.8) is 0 Å². The van der Waals surface area contributed by atoms with Crippen LogP contribution >= 0.6 is 11.8 Å². The molecule has 3 aromatic rings. The molecule has 3 rings (SSSR count). The zero-order valence-corrected chi connectivity index (χ0v) is 16.8. The molecule has 1 aromatic heterocycles. The normalized spacial score (nSPS) is 11.7. The minimum Gasteiger partial charge on any atom is -0.497 e. The van der Waals surface area contributed by atoms with Crippen molar-refractivity contribution in [1.82, 2.24) is 10.2 Å². The van der Waals surface area contributed by atoms with Crippen LogP contribution in [0.15, 0.2) is 52.1 Å². The molecule has 1 atom stereocenters. The smallest absolute Gasteiger partial charge is 0.277 e. The number of hydrogen-bond acceptors (Lipinski definition) is 8. The Balaban J connectivity index is 1.74. The molecule has 146 valence electrons. The number of benzene rings is 2. The summed E-state index contributed by atoms with van der Waals surface area (Å²) < 4.78 is 21.4. The van der Waals surface area contributed by atoms with Crippen LogP contribution in [0.5, 0.6) is 17.2 Å². The number of rotatable bonds is 8. The number of nitrogens with zero attached hydrogens (tertiary/aromatic N) is 2. The van der Waals surface area contributed by atoms with Crippen molar-refractivity contribution >= 4 is 17.5 Å². The van der Waals surface area contributed by atoms with E-state index in [1.54, 1.807) is 70.7 Å². The molecule has 1 heterocycles. The molecule has 0 aliphatic rings. The minimum atomic E-state index is -0.387. The third-order valence-electron chi connectivity index (χ3n) is 4.03. The first-order chi connectivity index (χ1) is 13.5. The van der Waals surface area contributed by atoms with Crippen molar-refractivity contribution < 1.29 is 23.4 Å². The van der Waals surface area contributed by atoms with E-state index in [1.807, 2.05) is 0 Å². The fraction of sp³-hybridized carbons (Fsp3) is 0.250. The van der Waals surface area contributed by atoms with E-state index < -0.39 is 0 Å². The number of carbonyl (C=O) groups excluding carboxylic acids is 1. The van der Waals surface area contributed by atoms with Gasteiger partial charge in [0.2, 0.25) is 5.89 Å². The molecule has 0 N–H and O–H groups in total. The van der Waals surface area contributed by atoms with Gasteiger partial charge in [0.05, 0.1) is 26.6 Å². The number of thioether (sulfide) groups is 1. The summed E-state index contributed by atoms with van der Waals surface area (Å²) in [6, 6.07) is 12.3. The Kier molecular flexibility index (Phi) is 6.20. The first-order valence-corrected chi connectivity index (χ1v) is 9.34. The lowest BCUT2D eigenvalue weighted by Crippen LogP contribution is -2.13. The molecule has 0 spiro atoms. The summed E-state index contributed by atoms with van der Waals surface area (Å²) in [5.41, 5.74) is 1.27. The standard InChI is InChI=1S/C20H20N2O5S/c1-12(18(23)13-5-7-15(24-2)8-6-13)28-20-22-21-19(27-20)14-9-16(25-3)11-17(10-14)26-4/h5-12H,1-4H3/t12-/m0/s1. The van der Waals surface area contributed by atoms with Gasteiger partial charge >= 0.3 is 0 Å². The van der Waals surface area contributed by atoms with Gasteiger partial charge in [-0.25, -0.2) is 0 Å². The topological polar surface area (TPSA) is 83.7 Å². The van der Waals surface area contributed by atoms with Gasteiger partial charge < -0.3 is 18.6 Å². The molecule has 0 aliphatic carbocycles. The molecule has 8 heteroatoms. The van der Waals surface area contributed by atoms with Crippen LogP contribution in [0, 0.1) is 0 Å². The van der Waals surface area contributed by atoms with Crippen LogP contribution in [-0.2, 0) is 0 Å². The van der Waals surface area contributed by atoms with Crippen LogP contribution < -0.4 is 14.2 Å². The van der Waals surface area contributed by atoms with Gasteiger partial charge in [-0.15, -0.1) is 10.2 Å². The highest BCUT2D eigenvalue weighted by Gasteiger charge is 2.20. The summed E-state index contributed by atoms with van der Waals surface area (Å²) in [7, 11) is 4.72. The first-order valence-electron chi connectivity index (χ1n) is 8.46. The van der Waals surface area contributed by atoms with Crippen LogP contribution in [0.2, 0.25) is 0 Å². The Morgan fingerprint density at radius 2 is 1.54 bits per heavy atom. The van der Waals surface area contributed by atoms with Gasteiger partial charge in [0.25, 0.3) is 5.22 Å². The maximum absolute atomic E-state index is 12.6. The molecule has 0 amide bonds. The Bertz CT molecular complexity index is 933. The van der Waals surface area contributed by atoms with Crippen molar-refractivity contribution in [3.8, 4) is 28.7 Å². The van der Waals surface area contributed by atoms with E-state index in [4.69, 9.17) is 18.6 Å². The molecule has 0 unspecified atom stereocenters. The highest BCUT2D eigenvalue weighted by atomic mass is 32.2. The molecule has 0 radical (unpaired) electrons. The zero-order valence-electron chi connectivity index (χ0n) is 16.0. The average Bonchev–Trinajstić information content (AvgIpc) is 3.21. The van der Waals surface area contributed by atoms with Gasteiger partial charge in [0.1, 0.15) is 17.2 Å². The van der Waals surface area contributed by atoms with Crippen molar-refractivity contribution in [2.24, 2.45) is 0 Å². The summed E-state index contributed by atoms with van der Waals surface area (Å²) in [5.74, 6) is 2.22. The van der Waals surface area contributed by atoms with E-state index >= 15 is 0 Å². The Labute approximate surface area is 167 Å². The first kappa shape index (κ1) is 19.8. The largest absolute Gasteiger partial charge is 0.497 e. The van der Waals surface area contributed by atoms with Gasteiger partial charge in [-0.05, 0) is 43.3 Å². The van der Waals surface area contributed by atoms with E-state index in [9.17, 15) is 4.79 Å². The number of carbonyl (C=O) groups is 1. The summed E-state index contributed by atoms with van der Waals surface area (Å²) in [5, 5.41) is 8.03. The van der Waals surface area contributed by atoms with Gasteiger partial charge in [-0.3, -0.25) is 4.79 Å². The van der Waals surface area contributed by atoms with Gasteiger partial charge in [0.15, 0.2) is 5.78 Å². The Morgan fingerprint density at radius 1 is 0.929 bits per heavy atom. The lowest BCUT2D eigenvalue weighted by Gasteiger charge is -2.08. The van der Waals surface area contributed by atoms with Crippen LogP contribution in [0.25, 0.3) is 11.5 Å². The minimum absolute atomic E-state index is 0.0320. The zero-order chi connectivity index (χ0) is 20.1. The van der Waals surface area contributed by atoms with E-state index in [0.29, 0.717) is 39.5 Å². The number of Topliss-reactive ketones (excluding diaryl/α,β-unsaturated/α-hetero) is 1. The Hall–Kier alpha value is -3.00. The highest BCUT2D eigenvalue weighted by Crippen LogP contribution is 2.32. The van der Waals surface area contributed by atoms with Crippen molar-refractivity contribution in [3.05, 3.63) is 48.0 Å². The van der Waals surface area contributed by atoms with Crippen LogP contribution in [0.4, 0.5) is 0 Å². The molecule has 7 nitrogen and oxygen atoms in total. The van der Waals surface area contributed by atoms with Gasteiger partial charge in [0, 0.05) is 17.2 Å². The fourth-order valence-corrected chi connectivity index (χ4v) is 3.26. The average molecular weight is 400 g/mol. The van der Waals surface area contributed by atoms with E-state index in [2.05, 4.69) is 10.2 Å². The molecule has 28 heavy (non-hydrogen) atoms. The molecule has 0 saturated heterocycles. The second-order valence-electron chi connectivity index (χ2n) is 5.83. The van der Waals surface area contributed by atoms with E-state index in [-0.39, 0.29) is 11.0 Å². The number of ether oxygens (including phenoxy) is 3. The summed E-state index contributed by atoms with van der Waals surface area (Å²) >= 11 is 1.21. The second kappa shape index (κ2) is 8.79. The van der Waals surface area contributed by atoms with Crippen LogP contribution in [0.1, 0.15) is 17.3 Å². The lowest BCUT2D eigenvalue weighted by atomic mass is 10.1. The Morgan fingerprint density at radius 3 is 2.11 bits per heavy atom. The van der Waals surface area contributed by atoms with Gasteiger partial charge in [-0.1, -0.05) is 11.8 Å². The highest BCUT2D eigenvalue weighted by molar-refractivity contribution is 8.00. The lowest BCUT2D eigenvalue weighted by molar-refractivity contribution is 0.0993. The SMILES string of the molecule is COc1ccc(C(=O)[C@H](C)Sc2nnc(-c3cc(OC)cc(OC)c3)o2)cc1. The van der Waals surface area contributed by atoms with E-state index in [1.165, 1.54) is 11.8 Å². The second-order valence-corrected chi connectivity index (χ2v) is 7.12. The van der Waals surface area contributed by atoms with Crippen molar-refractivity contribution in [2.45, 2.75) is 17.4 Å². The molecule has 0 bridgehead atoms. The number of methoxy groups -OCH3 is 3. The van der Waals surface area contributed by atoms with E-state index in [0.717, 1.165) is 0 Å². The van der Waals surface area contributed by atoms with Crippen LogP contribution in [0.3, 0.4) is 0 Å². The predicted molar refractivity (Wildman–Crippen MR) is 105 cm³/mol. The van der Waals surface area contributed by atoms with Crippen molar-refractivity contribution in [1.29, 1.82) is 0 Å². The molecular formula is C20H20N2O5S. The third kappa shape index (κ3) is 4.45. The quantitative estimate of drug-likeness (QED) is 0.412. The summed E-state index contributed by atoms with van der Waals surface area (Å²) in [6.07, 6.45) is 0. The molecule has 2 aromatic carbocycles. The molecule has 0 aliphatic heterocycles. The molecule has 0 saturated carbocycles. The molecular weight excluding hydrogens is 380 g/mol. The number of hydrogen-bond donors (Lipinski definition) is 0. The molecule has 0 fully saturated rings. The van der Waals surface area contributed by atoms with Gasteiger partial charge in [-0.2, -0.15) is 0 Å². The number of aromatic nitrogens is 2. The maximum Gasteiger partial charge on any atom is 0.277 e. The maximum atomic E-state index is 12.6. The monoisotopic (exact) mass is 400 g/mol. The fourth-order valence-electron chi connectivity index (χ4n) is 2.50. The van der Waals surface area contributed by atoms with Crippen LogP contribution in [-0.4, -0.2) is 42.6 Å². The third-order valence-corrected chi connectivity index (χ3v) is 4.96. The van der Waals surface area contributed by atoms with Crippen molar-refractivity contribution in [2.75, 3.05) is 21.3 Å². The summed E-state index contributed by atoms with van der Waals surface area (Å²) in [4.78, 5) is 12.6. The summed E-state index contributed by atoms with van der Waals surface area (Å²) in [6.45, 7) is 1.80. The number of ketones is 1. The predicted octanol–water partition coefficient (Wildman–Crippen LogP) is 4.13.